The molecule has 0 aliphatic carbocycles. The van der Waals surface area contributed by atoms with Crippen molar-refractivity contribution in [2.45, 2.75) is 39.0 Å². The normalized spacial score (nSPS) is 21.5. The lowest BCUT2D eigenvalue weighted by atomic mass is 9.97. The van der Waals surface area contributed by atoms with E-state index >= 15 is 0 Å². The monoisotopic (exact) mass is 317 g/mol. The van der Waals surface area contributed by atoms with E-state index in [1.807, 2.05) is 0 Å². The first-order valence-electron chi connectivity index (χ1n) is 8.87. The highest BCUT2D eigenvalue weighted by atomic mass is 16.1. The van der Waals surface area contributed by atoms with Gasteiger partial charge in [-0.2, -0.15) is 0 Å². The predicted octanol–water partition coefficient (Wildman–Crippen LogP) is 1.82. The Morgan fingerprint density at radius 1 is 1.17 bits per heavy atom. The van der Waals surface area contributed by atoms with Crippen LogP contribution in [-0.2, 0) is 4.79 Å². The first-order chi connectivity index (χ1) is 11.3. The van der Waals surface area contributed by atoms with E-state index in [2.05, 4.69) is 38.1 Å². The Kier molecular flexibility index (Phi) is 5.31. The first-order valence-corrected chi connectivity index (χ1v) is 8.87. The summed E-state index contributed by atoms with van der Waals surface area (Å²) in [6.45, 7) is 6.73. The zero-order valence-electron chi connectivity index (χ0n) is 14.0. The van der Waals surface area contributed by atoms with Crippen LogP contribution in [0.15, 0.2) is 12.4 Å². The summed E-state index contributed by atoms with van der Waals surface area (Å²) in [6, 6.07) is 2.08. The summed E-state index contributed by atoms with van der Waals surface area (Å²) >= 11 is 0. The average Bonchev–Trinajstić information content (AvgIpc) is 3.14. The lowest BCUT2D eigenvalue weighted by Gasteiger charge is -2.33. The van der Waals surface area contributed by atoms with Crippen molar-refractivity contribution in [2.75, 3.05) is 42.5 Å². The molecule has 1 amide bonds. The molecule has 0 aromatic carbocycles. The van der Waals surface area contributed by atoms with Crippen LogP contribution in [0.4, 0.5) is 11.6 Å². The third-order valence-electron chi connectivity index (χ3n) is 4.73. The molecule has 1 atom stereocenters. The molecule has 23 heavy (non-hydrogen) atoms. The second-order valence-corrected chi connectivity index (χ2v) is 6.50. The molecular formula is C17H27N5O. The van der Waals surface area contributed by atoms with Gasteiger partial charge in [0.15, 0.2) is 0 Å². The van der Waals surface area contributed by atoms with Crippen LogP contribution in [0.25, 0.3) is 0 Å². The van der Waals surface area contributed by atoms with E-state index in [4.69, 9.17) is 0 Å². The molecule has 0 bridgehead atoms. The summed E-state index contributed by atoms with van der Waals surface area (Å²) in [5, 5.41) is 3.02. The number of carbonyl (C=O) groups excluding carboxylic acids is 1. The Labute approximate surface area is 138 Å². The Hall–Kier alpha value is -1.85. The Balaban J connectivity index is 1.66. The molecule has 2 aliphatic rings. The van der Waals surface area contributed by atoms with Gasteiger partial charge < -0.3 is 15.1 Å². The maximum absolute atomic E-state index is 12.2. The number of nitrogens with zero attached hydrogens (tertiary/aromatic N) is 4. The highest BCUT2D eigenvalue weighted by molar-refractivity contribution is 5.79. The number of aromatic nitrogens is 2. The smallest absolute Gasteiger partial charge is 0.224 e. The number of hydrogen-bond acceptors (Lipinski definition) is 5. The van der Waals surface area contributed by atoms with Gasteiger partial charge in [-0.25, -0.2) is 9.97 Å². The molecule has 2 aliphatic heterocycles. The van der Waals surface area contributed by atoms with Crippen LogP contribution in [0.3, 0.4) is 0 Å². The number of piperidine rings is 1. The molecule has 2 saturated heterocycles. The van der Waals surface area contributed by atoms with E-state index in [1.54, 1.807) is 6.33 Å². The molecule has 1 aromatic heterocycles. The van der Waals surface area contributed by atoms with Crippen LogP contribution in [0.1, 0.15) is 39.0 Å². The van der Waals surface area contributed by atoms with Crippen molar-refractivity contribution in [2.24, 2.45) is 5.92 Å². The topological polar surface area (TPSA) is 61.4 Å². The van der Waals surface area contributed by atoms with Gasteiger partial charge in [0.05, 0.1) is 5.92 Å². The van der Waals surface area contributed by atoms with Crippen LogP contribution >= 0.6 is 0 Å². The van der Waals surface area contributed by atoms with E-state index < -0.39 is 0 Å². The van der Waals surface area contributed by atoms with Crippen LogP contribution < -0.4 is 15.1 Å². The lowest BCUT2D eigenvalue weighted by Crippen LogP contribution is -2.43. The van der Waals surface area contributed by atoms with Gasteiger partial charge in [0.25, 0.3) is 0 Å². The average molecular weight is 317 g/mol. The predicted molar refractivity (Wildman–Crippen MR) is 91.7 cm³/mol. The molecule has 1 aromatic rings. The molecule has 0 spiro atoms. The molecular weight excluding hydrogens is 290 g/mol. The molecule has 3 heterocycles. The van der Waals surface area contributed by atoms with Crippen molar-refractivity contribution < 1.29 is 4.79 Å². The summed E-state index contributed by atoms with van der Waals surface area (Å²) in [4.78, 5) is 25.7. The zero-order valence-corrected chi connectivity index (χ0v) is 14.0. The third kappa shape index (κ3) is 3.92. The van der Waals surface area contributed by atoms with Gasteiger partial charge in [-0.15, -0.1) is 0 Å². The molecule has 1 N–H and O–H groups in total. The number of carbonyl (C=O) groups is 1. The molecule has 0 saturated carbocycles. The molecule has 126 valence electrons. The van der Waals surface area contributed by atoms with E-state index in [-0.39, 0.29) is 11.8 Å². The zero-order chi connectivity index (χ0) is 16.1. The van der Waals surface area contributed by atoms with Crippen LogP contribution in [0, 0.1) is 5.92 Å². The number of nitrogens with one attached hydrogen (secondary N) is 1. The largest absolute Gasteiger partial charge is 0.356 e. The molecule has 2 fully saturated rings. The summed E-state index contributed by atoms with van der Waals surface area (Å²) in [5.74, 6) is 2.23. The Morgan fingerprint density at radius 3 is 2.61 bits per heavy atom. The summed E-state index contributed by atoms with van der Waals surface area (Å²) in [5.41, 5.74) is 0. The number of anilines is 2. The molecule has 6 heteroatoms. The number of amides is 1. The summed E-state index contributed by atoms with van der Waals surface area (Å²) < 4.78 is 0. The van der Waals surface area contributed by atoms with Crippen LogP contribution in [-0.4, -0.2) is 48.6 Å². The molecule has 1 unspecified atom stereocenters. The number of hydrogen-bond donors (Lipinski definition) is 1. The second kappa shape index (κ2) is 7.62. The first kappa shape index (κ1) is 16.0. The fraction of sp³-hybridized carbons (Fsp3) is 0.706. The van der Waals surface area contributed by atoms with E-state index in [0.717, 1.165) is 63.6 Å². The minimum atomic E-state index is 0.0699. The molecule has 0 radical (unpaired) electrons. The fourth-order valence-corrected chi connectivity index (χ4v) is 3.42. The standard InChI is InChI=1S/C17H27N5O/c1-2-7-18-17(23)14-6-5-10-22(12-14)16-11-15(19-13-20-16)21-8-3-4-9-21/h11,13-14H,2-10,12H2,1H3,(H,18,23). The van der Waals surface area contributed by atoms with Gasteiger partial charge >= 0.3 is 0 Å². The summed E-state index contributed by atoms with van der Waals surface area (Å²) in [7, 11) is 0. The maximum atomic E-state index is 12.2. The van der Waals surface area contributed by atoms with E-state index in [9.17, 15) is 4.79 Å². The van der Waals surface area contributed by atoms with Crippen molar-refractivity contribution >= 4 is 17.5 Å². The van der Waals surface area contributed by atoms with E-state index in [1.165, 1.54) is 12.8 Å². The van der Waals surface area contributed by atoms with Crippen molar-refractivity contribution in [1.29, 1.82) is 0 Å². The Morgan fingerprint density at radius 2 is 1.87 bits per heavy atom. The van der Waals surface area contributed by atoms with Crippen molar-refractivity contribution in [1.82, 2.24) is 15.3 Å². The van der Waals surface area contributed by atoms with Crippen molar-refractivity contribution in [3.8, 4) is 0 Å². The van der Waals surface area contributed by atoms with Gasteiger partial charge in [-0.1, -0.05) is 6.92 Å². The fourth-order valence-electron chi connectivity index (χ4n) is 3.42. The summed E-state index contributed by atoms with van der Waals surface area (Å²) in [6.07, 6.45) is 7.12. The molecule has 3 rings (SSSR count). The lowest BCUT2D eigenvalue weighted by molar-refractivity contribution is -0.125. The van der Waals surface area contributed by atoms with Gasteiger partial charge in [0, 0.05) is 38.8 Å². The van der Waals surface area contributed by atoms with Gasteiger partial charge in [0.2, 0.25) is 5.91 Å². The molecule has 6 nitrogen and oxygen atoms in total. The SMILES string of the molecule is CCCNC(=O)C1CCCN(c2cc(N3CCCC3)ncn2)C1. The highest BCUT2D eigenvalue weighted by Gasteiger charge is 2.26. The minimum Gasteiger partial charge on any atom is -0.356 e. The van der Waals surface area contributed by atoms with Crippen molar-refractivity contribution in [3.05, 3.63) is 12.4 Å². The van der Waals surface area contributed by atoms with Gasteiger partial charge in [-0.3, -0.25) is 4.79 Å². The Bertz CT molecular complexity index is 529. The third-order valence-corrected chi connectivity index (χ3v) is 4.73. The van der Waals surface area contributed by atoms with Crippen LogP contribution in [0.2, 0.25) is 0 Å². The van der Waals surface area contributed by atoms with Gasteiger partial charge in [0.1, 0.15) is 18.0 Å². The number of rotatable bonds is 5. The quantitative estimate of drug-likeness (QED) is 0.897. The van der Waals surface area contributed by atoms with E-state index in [0.29, 0.717) is 0 Å². The highest BCUT2D eigenvalue weighted by Crippen LogP contribution is 2.25. The van der Waals surface area contributed by atoms with Crippen LogP contribution in [0.5, 0.6) is 0 Å². The van der Waals surface area contributed by atoms with Gasteiger partial charge in [-0.05, 0) is 32.1 Å². The maximum Gasteiger partial charge on any atom is 0.224 e. The minimum absolute atomic E-state index is 0.0699. The van der Waals surface area contributed by atoms with Crippen molar-refractivity contribution in [3.63, 3.8) is 0 Å². The second-order valence-electron chi connectivity index (χ2n) is 6.50.